The van der Waals surface area contributed by atoms with Gasteiger partial charge in [-0.25, -0.2) is 0 Å². The van der Waals surface area contributed by atoms with Gasteiger partial charge in [0.25, 0.3) is 0 Å². The lowest BCUT2D eigenvalue weighted by Crippen LogP contribution is -1.76. The molecule has 0 aliphatic rings. The van der Waals surface area contributed by atoms with E-state index in [-0.39, 0.29) is 0 Å². The highest BCUT2D eigenvalue weighted by molar-refractivity contribution is 14.1. The number of hydrogen-bond donors (Lipinski definition) is 0. The second-order valence-corrected chi connectivity index (χ2v) is 5.41. The van der Waals surface area contributed by atoms with Gasteiger partial charge >= 0.3 is 0 Å². The summed E-state index contributed by atoms with van der Waals surface area (Å²) in [6, 6.07) is 4.06. The summed E-state index contributed by atoms with van der Waals surface area (Å²) >= 11 is 12.5. The first kappa shape index (κ1) is 9.48. The molecule has 1 rings (SSSR count). The molecule has 0 spiro atoms. The Labute approximate surface area is 98.3 Å². The zero-order valence-corrected chi connectivity index (χ0v) is 11.6. The summed E-state index contributed by atoms with van der Waals surface area (Å²) in [6.07, 6.45) is 0. The van der Waals surface area contributed by atoms with Crippen molar-refractivity contribution in [2.45, 2.75) is 0 Å². The van der Waals surface area contributed by atoms with Crippen LogP contribution >= 0.6 is 70.4 Å². The van der Waals surface area contributed by atoms with Gasteiger partial charge in [0, 0.05) is 17.0 Å². The van der Waals surface area contributed by atoms with Crippen LogP contribution in [0.3, 0.4) is 0 Å². The highest BCUT2D eigenvalue weighted by atomic mass is 127. The van der Waals surface area contributed by atoms with Gasteiger partial charge < -0.3 is 0 Å². The average molecular weight is 441 g/mol. The third-order valence-electron chi connectivity index (χ3n) is 0.949. The van der Waals surface area contributed by atoms with Gasteiger partial charge in [0.1, 0.15) is 0 Å². The van der Waals surface area contributed by atoms with E-state index in [9.17, 15) is 0 Å². The van der Waals surface area contributed by atoms with E-state index in [0.29, 0.717) is 0 Å². The summed E-state index contributed by atoms with van der Waals surface area (Å²) in [4.78, 5) is 0. The molecule has 0 aliphatic heterocycles. The SMILES string of the molecule is Brc1cc(Br)c(Br)c(I)c1. The van der Waals surface area contributed by atoms with Crippen LogP contribution < -0.4 is 0 Å². The molecule has 0 amide bonds. The molecule has 54 valence electrons. The first-order valence-corrected chi connectivity index (χ1v) is 5.87. The van der Waals surface area contributed by atoms with E-state index in [1.54, 1.807) is 0 Å². The second-order valence-electron chi connectivity index (χ2n) is 1.68. The van der Waals surface area contributed by atoms with Crippen molar-refractivity contribution in [3.8, 4) is 0 Å². The Bertz CT molecular complexity index is 236. The molecule has 0 saturated carbocycles. The predicted molar refractivity (Wildman–Crippen MR) is 62.3 cm³/mol. The molecular weight excluding hydrogens is 439 g/mol. The summed E-state index contributed by atoms with van der Waals surface area (Å²) in [6.45, 7) is 0. The molecule has 0 fully saturated rings. The van der Waals surface area contributed by atoms with Crippen LogP contribution in [0.1, 0.15) is 0 Å². The number of benzene rings is 1. The van der Waals surface area contributed by atoms with Crippen LogP contribution in [-0.2, 0) is 0 Å². The monoisotopic (exact) mass is 438 g/mol. The van der Waals surface area contributed by atoms with Crippen LogP contribution in [-0.4, -0.2) is 0 Å². The van der Waals surface area contributed by atoms with E-state index in [0.717, 1.165) is 13.4 Å². The van der Waals surface area contributed by atoms with Crippen LogP contribution in [0.4, 0.5) is 0 Å². The molecule has 0 saturated heterocycles. The third-order valence-corrected chi connectivity index (χ3v) is 5.01. The summed E-state index contributed by atoms with van der Waals surface area (Å²) in [5, 5.41) is 0. The number of rotatable bonds is 0. The van der Waals surface area contributed by atoms with Gasteiger partial charge in [0.2, 0.25) is 0 Å². The van der Waals surface area contributed by atoms with Gasteiger partial charge in [0.15, 0.2) is 0 Å². The Kier molecular flexibility index (Phi) is 3.67. The van der Waals surface area contributed by atoms with Gasteiger partial charge in [0.05, 0.1) is 0 Å². The van der Waals surface area contributed by atoms with Crippen molar-refractivity contribution in [3.63, 3.8) is 0 Å². The molecule has 0 unspecified atom stereocenters. The first-order chi connectivity index (χ1) is 4.61. The van der Waals surface area contributed by atoms with Gasteiger partial charge in [-0.3, -0.25) is 0 Å². The normalized spacial score (nSPS) is 10.0. The minimum atomic E-state index is 1.08. The first-order valence-electron chi connectivity index (χ1n) is 2.41. The van der Waals surface area contributed by atoms with Gasteiger partial charge in [-0.2, -0.15) is 0 Å². The lowest BCUT2D eigenvalue weighted by Gasteiger charge is -1.99. The van der Waals surface area contributed by atoms with Crippen molar-refractivity contribution in [1.29, 1.82) is 0 Å². The summed E-state index contributed by atoms with van der Waals surface area (Å²) in [7, 11) is 0. The topological polar surface area (TPSA) is 0 Å². The van der Waals surface area contributed by atoms with E-state index in [4.69, 9.17) is 0 Å². The maximum atomic E-state index is 3.44. The van der Waals surface area contributed by atoms with Gasteiger partial charge in [-0.15, -0.1) is 0 Å². The van der Waals surface area contributed by atoms with Crippen molar-refractivity contribution in [2.75, 3.05) is 0 Å². The van der Waals surface area contributed by atoms with E-state index in [2.05, 4.69) is 76.4 Å². The second kappa shape index (κ2) is 3.87. The number of hydrogen-bond acceptors (Lipinski definition) is 0. The largest absolute Gasteiger partial charge is 0.0508 e. The van der Waals surface area contributed by atoms with Crippen molar-refractivity contribution < 1.29 is 0 Å². The Morgan fingerprint density at radius 2 is 1.70 bits per heavy atom. The highest BCUT2D eigenvalue weighted by Gasteiger charge is 2.01. The molecule has 1 aromatic carbocycles. The molecule has 0 radical (unpaired) electrons. The molecule has 0 N–H and O–H groups in total. The van der Waals surface area contributed by atoms with E-state index < -0.39 is 0 Å². The van der Waals surface area contributed by atoms with E-state index in [1.165, 1.54) is 3.57 Å². The fourth-order valence-electron chi connectivity index (χ4n) is 0.525. The van der Waals surface area contributed by atoms with Gasteiger partial charge in [-0.1, -0.05) is 15.9 Å². The molecule has 0 atom stereocenters. The average Bonchev–Trinajstić information content (AvgIpc) is 1.82. The lowest BCUT2D eigenvalue weighted by atomic mass is 10.4. The van der Waals surface area contributed by atoms with E-state index in [1.807, 2.05) is 6.07 Å². The fraction of sp³-hybridized carbons (Fsp3) is 0. The molecule has 0 aromatic heterocycles. The van der Waals surface area contributed by atoms with Crippen molar-refractivity contribution in [3.05, 3.63) is 29.1 Å². The minimum absolute atomic E-state index is 1.08. The molecule has 0 nitrogen and oxygen atoms in total. The van der Waals surface area contributed by atoms with Crippen LogP contribution in [0, 0.1) is 3.57 Å². The highest BCUT2D eigenvalue weighted by Crippen LogP contribution is 2.31. The third kappa shape index (κ3) is 2.19. The summed E-state index contributed by atoms with van der Waals surface area (Å²) < 4.78 is 4.47. The lowest BCUT2D eigenvalue weighted by molar-refractivity contribution is 1.50. The standard InChI is InChI=1S/C6H2Br3I/c7-3-1-4(8)6(9)5(10)2-3/h1-2H. The minimum Gasteiger partial charge on any atom is -0.0508 e. The van der Waals surface area contributed by atoms with Crippen LogP contribution in [0.2, 0.25) is 0 Å². The van der Waals surface area contributed by atoms with Crippen molar-refractivity contribution in [2.24, 2.45) is 0 Å². The van der Waals surface area contributed by atoms with Gasteiger partial charge in [-0.05, 0) is 66.6 Å². The number of halogens is 4. The summed E-state index contributed by atoms with van der Waals surface area (Å²) in [5.41, 5.74) is 0. The zero-order chi connectivity index (χ0) is 7.72. The molecular formula is C6H2Br3I. The Balaban J connectivity index is 3.31. The fourth-order valence-corrected chi connectivity index (χ4v) is 3.40. The zero-order valence-electron chi connectivity index (χ0n) is 4.67. The van der Waals surface area contributed by atoms with Crippen LogP contribution in [0.15, 0.2) is 25.6 Å². The molecule has 10 heavy (non-hydrogen) atoms. The van der Waals surface area contributed by atoms with Crippen molar-refractivity contribution in [1.82, 2.24) is 0 Å². The maximum absolute atomic E-state index is 3.44. The molecule has 0 aliphatic carbocycles. The Morgan fingerprint density at radius 3 is 2.20 bits per heavy atom. The molecule has 1 aromatic rings. The summed E-state index contributed by atoms with van der Waals surface area (Å²) in [5.74, 6) is 0. The molecule has 0 heterocycles. The smallest absolute Gasteiger partial charge is 0.0451 e. The quantitative estimate of drug-likeness (QED) is 0.315. The van der Waals surface area contributed by atoms with Crippen LogP contribution in [0.5, 0.6) is 0 Å². The molecule has 0 bridgehead atoms. The Morgan fingerprint density at radius 1 is 1.10 bits per heavy atom. The Hall–Kier alpha value is 1.39. The maximum Gasteiger partial charge on any atom is 0.0451 e. The van der Waals surface area contributed by atoms with E-state index >= 15 is 0 Å². The molecule has 4 heteroatoms. The van der Waals surface area contributed by atoms with Crippen molar-refractivity contribution >= 4 is 70.4 Å². The van der Waals surface area contributed by atoms with Crippen LogP contribution in [0.25, 0.3) is 0 Å². The predicted octanol–water partition coefficient (Wildman–Crippen LogP) is 4.58.